The Labute approximate surface area is 133 Å². The number of alkyl halides is 3. The van der Waals surface area contributed by atoms with Crippen LogP contribution in [-0.2, 0) is 11.0 Å². The maximum absolute atomic E-state index is 12.5. The fourth-order valence-electron chi connectivity index (χ4n) is 2.33. The number of hydrogen-bond acceptors (Lipinski definition) is 3. The monoisotopic (exact) mass is 337 g/mol. The zero-order valence-corrected chi connectivity index (χ0v) is 13.0. The van der Waals surface area contributed by atoms with Crippen molar-refractivity contribution < 1.29 is 18.0 Å². The van der Waals surface area contributed by atoms with Crippen molar-refractivity contribution in [1.82, 2.24) is 4.90 Å². The maximum atomic E-state index is 12.5. The Balaban J connectivity index is 0.00000242. The van der Waals surface area contributed by atoms with Crippen LogP contribution in [0.2, 0.25) is 0 Å². The number of hydrogen-bond donors (Lipinski definition) is 1. The highest BCUT2D eigenvalue weighted by atomic mass is 35.5. The van der Waals surface area contributed by atoms with Gasteiger partial charge >= 0.3 is 6.18 Å². The summed E-state index contributed by atoms with van der Waals surface area (Å²) in [5.41, 5.74) is 5.64. The summed E-state index contributed by atoms with van der Waals surface area (Å²) >= 11 is 0. The molecule has 22 heavy (non-hydrogen) atoms. The van der Waals surface area contributed by atoms with Crippen LogP contribution in [0.3, 0.4) is 0 Å². The minimum atomic E-state index is -4.32. The van der Waals surface area contributed by atoms with Gasteiger partial charge in [-0.15, -0.1) is 12.4 Å². The molecule has 0 spiro atoms. The second-order valence-electron chi connectivity index (χ2n) is 5.15. The lowest BCUT2D eigenvalue weighted by molar-refractivity contribution is -0.137. The number of nitrogens with zero attached hydrogens (tertiary/aromatic N) is 2. The quantitative estimate of drug-likeness (QED) is 0.899. The fourth-order valence-corrected chi connectivity index (χ4v) is 2.33. The highest BCUT2D eigenvalue weighted by Gasteiger charge is 2.30. The molecule has 0 aliphatic carbocycles. The number of nitrogens with two attached hydrogens (primary N) is 1. The van der Waals surface area contributed by atoms with Crippen LogP contribution in [0, 0.1) is 0 Å². The van der Waals surface area contributed by atoms with Gasteiger partial charge in [-0.1, -0.05) is 0 Å². The first-order valence-corrected chi connectivity index (χ1v) is 6.75. The molecule has 1 aliphatic heterocycles. The Hall–Kier alpha value is -1.47. The average Bonchev–Trinajstić information content (AvgIpc) is 2.46. The Morgan fingerprint density at radius 2 is 1.64 bits per heavy atom. The molecular formula is C14H19ClF3N3O. The second-order valence-corrected chi connectivity index (χ2v) is 5.15. The third-order valence-corrected chi connectivity index (χ3v) is 3.54. The number of anilines is 1. The van der Waals surface area contributed by atoms with E-state index in [1.807, 2.05) is 4.90 Å². The molecule has 1 atom stereocenters. The molecule has 1 aromatic rings. The largest absolute Gasteiger partial charge is 0.416 e. The molecule has 2 N–H and O–H groups in total. The molecule has 1 amide bonds. The van der Waals surface area contributed by atoms with Gasteiger partial charge in [-0.25, -0.2) is 0 Å². The Kier molecular flexibility index (Phi) is 6.08. The standard InChI is InChI=1S/C14H18F3N3O.ClH/c1-10(18)13(21)20-8-6-19(7-9-20)12-4-2-11(3-5-12)14(15,16)17;/h2-5,10H,6-9,18H2,1H3;1H. The molecule has 0 aromatic heterocycles. The molecule has 1 saturated heterocycles. The lowest BCUT2D eigenvalue weighted by Gasteiger charge is -2.36. The number of piperazine rings is 1. The van der Waals surface area contributed by atoms with Crippen molar-refractivity contribution >= 4 is 24.0 Å². The second kappa shape index (κ2) is 7.19. The van der Waals surface area contributed by atoms with Gasteiger partial charge in [-0.05, 0) is 31.2 Å². The van der Waals surface area contributed by atoms with Crippen LogP contribution < -0.4 is 10.6 Å². The Bertz CT molecular complexity index is 497. The van der Waals surface area contributed by atoms with Crippen molar-refractivity contribution in [3.05, 3.63) is 29.8 Å². The summed E-state index contributed by atoms with van der Waals surface area (Å²) in [5, 5.41) is 0. The fraction of sp³-hybridized carbons (Fsp3) is 0.500. The van der Waals surface area contributed by atoms with Gasteiger partial charge < -0.3 is 15.5 Å². The number of rotatable bonds is 2. The van der Waals surface area contributed by atoms with Gasteiger partial charge in [0.2, 0.25) is 5.91 Å². The zero-order valence-electron chi connectivity index (χ0n) is 12.1. The first-order chi connectivity index (χ1) is 9.79. The lowest BCUT2D eigenvalue weighted by Crippen LogP contribution is -2.52. The molecular weight excluding hydrogens is 319 g/mol. The van der Waals surface area contributed by atoms with E-state index in [4.69, 9.17) is 5.73 Å². The van der Waals surface area contributed by atoms with Gasteiger partial charge in [-0.2, -0.15) is 13.2 Å². The van der Waals surface area contributed by atoms with E-state index < -0.39 is 17.8 Å². The number of carbonyl (C=O) groups is 1. The van der Waals surface area contributed by atoms with E-state index in [1.54, 1.807) is 11.8 Å². The molecule has 124 valence electrons. The number of carbonyl (C=O) groups excluding carboxylic acids is 1. The normalized spacial score (nSPS) is 17.0. The van der Waals surface area contributed by atoms with E-state index in [-0.39, 0.29) is 18.3 Å². The molecule has 1 heterocycles. The van der Waals surface area contributed by atoms with Gasteiger partial charge in [0.05, 0.1) is 11.6 Å². The summed E-state index contributed by atoms with van der Waals surface area (Å²) in [6.07, 6.45) is -4.32. The Morgan fingerprint density at radius 3 is 2.05 bits per heavy atom. The summed E-state index contributed by atoms with van der Waals surface area (Å²) in [5.74, 6) is -0.0953. The van der Waals surface area contributed by atoms with E-state index in [0.29, 0.717) is 26.2 Å². The van der Waals surface area contributed by atoms with Crippen molar-refractivity contribution in [2.24, 2.45) is 5.73 Å². The zero-order chi connectivity index (χ0) is 15.6. The van der Waals surface area contributed by atoms with Crippen LogP contribution in [0.15, 0.2) is 24.3 Å². The van der Waals surface area contributed by atoms with Crippen molar-refractivity contribution in [2.75, 3.05) is 31.1 Å². The molecule has 8 heteroatoms. The van der Waals surface area contributed by atoms with E-state index in [0.717, 1.165) is 17.8 Å². The predicted molar refractivity (Wildman–Crippen MR) is 81.1 cm³/mol. The van der Waals surface area contributed by atoms with E-state index in [9.17, 15) is 18.0 Å². The molecule has 1 unspecified atom stereocenters. The van der Waals surface area contributed by atoms with Gasteiger partial charge in [0.15, 0.2) is 0 Å². The third kappa shape index (κ3) is 4.27. The topological polar surface area (TPSA) is 49.6 Å². The van der Waals surface area contributed by atoms with E-state index in [2.05, 4.69) is 0 Å². The van der Waals surface area contributed by atoms with Gasteiger partial charge in [0.1, 0.15) is 0 Å². The molecule has 0 saturated carbocycles. The van der Waals surface area contributed by atoms with Crippen LogP contribution in [0.25, 0.3) is 0 Å². The maximum Gasteiger partial charge on any atom is 0.416 e. The summed E-state index contributed by atoms with van der Waals surface area (Å²) < 4.78 is 37.5. The van der Waals surface area contributed by atoms with Gasteiger partial charge in [0.25, 0.3) is 0 Å². The van der Waals surface area contributed by atoms with E-state index in [1.165, 1.54) is 12.1 Å². The molecule has 0 bridgehead atoms. The van der Waals surface area contributed by atoms with Crippen molar-refractivity contribution in [1.29, 1.82) is 0 Å². The smallest absolute Gasteiger partial charge is 0.368 e. The lowest BCUT2D eigenvalue weighted by atomic mass is 10.1. The molecule has 4 nitrogen and oxygen atoms in total. The first kappa shape index (κ1) is 18.6. The summed E-state index contributed by atoms with van der Waals surface area (Å²) in [4.78, 5) is 15.4. The molecule has 1 aromatic carbocycles. The van der Waals surface area contributed by atoms with Crippen molar-refractivity contribution in [3.63, 3.8) is 0 Å². The minimum absolute atomic E-state index is 0. The van der Waals surface area contributed by atoms with Gasteiger partial charge in [-0.3, -0.25) is 4.79 Å². The Morgan fingerprint density at radius 1 is 1.14 bits per heavy atom. The van der Waals surface area contributed by atoms with Crippen LogP contribution in [0.5, 0.6) is 0 Å². The van der Waals surface area contributed by atoms with Gasteiger partial charge in [0, 0.05) is 31.9 Å². The van der Waals surface area contributed by atoms with Crippen LogP contribution in [0.4, 0.5) is 18.9 Å². The number of halogens is 4. The highest BCUT2D eigenvalue weighted by molar-refractivity contribution is 5.85. The molecule has 1 aliphatic rings. The number of benzene rings is 1. The average molecular weight is 338 g/mol. The van der Waals surface area contributed by atoms with E-state index >= 15 is 0 Å². The van der Waals surface area contributed by atoms with Crippen molar-refractivity contribution in [3.8, 4) is 0 Å². The predicted octanol–water partition coefficient (Wildman–Crippen LogP) is 2.12. The summed E-state index contributed by atoms with van der Waals surface area (Å²) in [6.45, 7) is 3.88. The summed E-state index contributed by atoms with van der Waals surface area (Å²) in [7, 11) is 0. The summed E-state index contributed by atoms with van der Waals surface area (Å²) in [6, 6.07) is 4.56. The highest BCUT2D eigenvalue weighted by Crippen LogP contribution is 2.30. The van der Waals surface area contributed by atoms with Crippen LogP contribution >= 0.6 is 12.4 Å². The SMILES string of the molecule is CC(N)C(=O)N1CCN(c2ccc(C(F)(F)F)cc2)CC1.Cl. The molecule has 1 fully saturated rings. The van der Waals surface area contributed by atoms with Crippen LogP contribution in [-0.4, -0.2) is 43.0 Å². The number of amides is 1. The van der Waals surface area contributed by atoms with Crippen molar-refractivity contribution in [2.45, 2.75) is 19.1 Å². The molecule has 0 radical (unpaired) electrons. The minimum Gasteiger partial charge on any atom is -0.368 e. The molecule has 2 rings (SSSR count). The first-order valence-electron chi connectivity index (χ1n) is 6.75. The third-order valence-electron chi connectivity index (χ3n) is 3.54. The van der Waals surface area contributed by atoms with Crippen LogP contribution in [0.1, 0.15) is 12.5 Å².